The first-order chi connectivity index (χ1) is 8.27. The first-order valence-corrected chi connectivity index (χ1v) is 5.89. The number of phenolic OH excluding ortho intramolecular Hbond substituents is 1. The molecule has 1 atom stereocenters. The Bertz CT molecular complexity index is 381. The molecule has 0 radical (unpaired) electrons. The van der Waals surface area contributed by atoms with E-state index in [9.17, 15) is 5.11 Å². The molecule has 1 aliphatic rings. The van der Waals surface area contributed by atoms with Crippen molar-refractivity contribution in [3.05, 3.63) is 18.2 Å². The number of aromatic hydroxyl groups is 1. The summed E-state index contributed by atoms with van der Waals surface area (Å²) >= 11 is 0. The minimum absolute atomic E-state index is 0.188. The third-order valence-corrected chi connectivity index (χ3v) is 3.22. The highest BCUT2D eigenvalue weighted by atomic mass is 16.5. The van der Waals surface area contributed by atoms with Gasteiger partial charge < -0.3 is 19.5 Å². The molecule has 1 fully saturated rings. The molecule has 0 bridgehead atoms. The van der Waals surface area contributed by atoms with Crippen molar-refractivity contribution in [2.75, 3.05) is 32.3 Å². The second kappa shape index (κ2) is 5.27. The van der Waals surface area contributed by atoms with Crippen molar-refractivity contribution in [3.8, 4) is 11.5 Å². The fourth-order valence-corrected chi connectivity index (χ4v) is 2.47. The summed E-state index contributed by atoms with van der Waals surface area (Å²) in [7, 11) is 3.30. The number of hydrogen-bond acceptors (Lipinski definition) is 4. The topological polar surface area (TPSA) is 41.9 Å². The molecule has 1 aromatic rings. The van der Waals surface area contributed by atoms with E-state index in [-0.39, 0.29) is 5.75 Å². The Morgan fingerprint density at radius 3 is 2.94 bits per heavy atom. The highest BCUT2D eigenvalue weighted by Crippen LogP contribution is 2.39. The third kappa shape index (κ3) is 2.31. The zero-order valence-corrected chi connectivity index (χ0v) is 10.3. The molecular formula is C13H19NO3. The Hall–Kier alpha value is -1.42. The summed E-state index contributed by atoms with van der Waals surface area (Å²) in [5.41, 5.74) is 0.951. The number of ether oxygens (including phenoxy) is 2. The molecule has 4 heteroatoms. The van der Waals surface area contributed by atoms with Gasteiger partial charge in [0.1, 0.15) is 0 Å². The number of rotatable bonds is 4. The number of methoxy groups -OCH3 is 2. The molecule has 0 aliphatic carbocycles. The monoisotopic (exact) mass is 237 g/mol. The summed E-state index contributed by atoms with van der Waals surface area (Å²) in [6.45, 7) is 1.69. The number of nitrogens with zero attached hydrogens (tertiary/aromatic N) is 1. The summed E-state index contributed by atoms with van der Waals surface area (Å²) < 4.78 is 10.5. The van der Waals surface area contributed by atoms with Crippen LogP contribution in [0.25, 0.3) is 0 Å². The van der Waals surface area contributed by atoms with Crippen LogP contribution in [0, 0.1) is 0 Å². The molecule has 0 amide bonds. The van der Waals surface area contributed by atoms with Gasteiger partial charge in [-0.05, 0) is 25.0 Å². The average Bonchev–Trinajstić information content (AvgIpc) is 2.77. The molecule has 1 aliphatic heterocycles. The van der Waals surface area contributed by atoms with Crippen LogP contribution in [0.5, 0.6) is 11.5 Å². The van der Waals surface area contributed by atoms with Gasteiger partial charge in [-0.25, -0.2) is 0 Å². The van der Waals surface area contributed by atoms with Crippen LogP contribution < -0.4 is 9.64 Å². The van der Waals surface area contributed by atoms with Gasteiger partial charge in [0, 0.05) is 13.7 Å². The van der Waals surface area contributed by atoms with Crippen molar-refractivity contribution < 1.29 is 14.6 Å². The van der Waals surface area contributed by atoms with Crippen molar-refractivity contribution in [1.29, 1.82) is 0 Å². The molecule has 17 heavy (non-hydrogen) atoms. The molecule has 1 aromatic carbocycles. The fraction of sp³-hybridized carbons (Fsp3) is 0.538. The van der Waals surface area contributed by atoms with Crippen molar-refractivity contribution in [2.24, 2.45) is 0 Å². The molecule has 1 N–H and O–H groups in total. The van der Waals surface area contributed by atoms with E-state index in [0.717, 1.165) is 25.1 Å². The smallest absolute Gasteiger partial charge is 0.183 e. The summed E-state index contributed by atoms with van der Waals surface area (Å²) in [6.07, 6.45) is 2.26. The van der Waals surface area contributed by atoms with Crippen LogP contribution in [0.2, 0.25) is 0 Å². The van der Waals surface area contributed by atoms with Gasteiger partial charge in [-0.3, -0.25) is 0 Å². The number of anilines is 1. The Kier molecular flexibility index (Phi) is 3.74. The largest absolute Gasteiger partial charge is 0.504 e. The molecule has 2 rings (SSSR count). The quantitative estimate of drug-likeness (QED) is 0.870. The second-order valence-electron chi connectivity index (χ2n) is 4.27. The lowest BCUT2D eigenvalue weighted by atomic mass is 10.2. The Morgan fingerprint density at radius 2 is 2.24 bits per heavy atom. The zero-order valence-electron chi connectivity index (χ0n) is 10.3. The van der Waals surface area contributed by atoms with Gasteiger partial charge in [0.15, 0.2) is 11.5 Å². The first kappa shape index (κ1) is 12.0. The van der Waals surface area contributed by atoms with Crippen LogP contribution in [0.3, 0.4) is 0 Å². The van der Waals surface area contributed by atoms with Crippen LogP contribution in [0.1, 0.15) is 12.8 Å². The third-order valence-electron chi connectivity index (χ3n) is 3.22. The molecular weight excluding hydrogens is 218 g/mol. The van der Waals surface area contributed by atoms with E-state index in [2.05, 4.69) is 4.90 Å². The normalized spacial score (nSPS) is 19.6. The predicted octanol–water partition coefficient (Wildman–Crippen LogP) is 2.02. The van der Waals surface area contributed by atoms with Crippen LogP contribution in [-0.2, 0) is 4.74 Å². The molecule has 1 heterocycles. The number of benzene rings is 1. The van der Waals surface area contributed by atoms with E-state index < -0.39 is 0 Å². The summed E-state index contributed by atoms with van der Waals surface area (Å²) in [4.78, 5) is 2.25. The van der Waals surface area contributed by atoms with E-state index in [1.54, 1.807) is 20.3 Å². The van der Waals surface area contributed by atoms with E-state index >= 15 is 0 Å². The molecule has 1 saturated heterocycles. The lowest BCUT2D eigenvalue weighted by Gasteiger charge is -2.27. The van der Waals surface area contributed by atoms with E-state index in [1.807, 2.05) is 12.1 Å². The van der Waals surface area contributed by atoms with Gasteiger partial charge in [0.2, 0.25) is 0 Å². The number of phenols is 1. The predicted molar refractivity (Wildman–Crippen MR) is 66.9 cm³/mol. The maximum absolute atomic E-state index is 9.78. The van der Waals surface area contributed by atoms with Crippen molar-refractivity contribution >= 4 is 5.69 Å². The summed E-state index contributed by atoms with van der Waals surface area (Å²) in [5.74, 6) is 0.739. The zero-order chi connectivity index (χ0) is 12.3. The fourth-order valence-electron chi connectivity index (χ4n) is 2.47. The van der Waals surface area contributed by atoms with Gasteiger partial charge in [0.25, 0.3) is 0 Å². The maximum Gasteiger partial charge on any atom is 0.183 e. The molecule has 0 aromatic heterocycles. The maximum atomic E-state index is 9.78. The van der Waals surface area contributed by atoms with Gasteiger partial charge in [0.05, 0.1) is 25.4 Å². The summed E-state index contributed by atoms with van der Waals surface area (Å²) in [6, 6.07) is 5.83. The van der Waals surface area contributed by atoms with Gasteiger partial charge in [-0.1, -0.05) is 6.07 Å². The van der Waals surface area contributed by atoms with Crippen molar-refractivity contribution in [3.63, 3.8) is 0 Å². The van der Waals surface area contributed by atoms with Crippen molar-refractivity contribution in [1.82, 2.24) is 0 Å². The molecule has 0 spiro atoms. The molecule has 1 unspecified atom stereocenters. The highest BCUT2D eigenvalue weighted by molar-refractivity contribution is 5.65. The highest BCUT2D eigenvalue weighted by Gasteiger charge is 2.27. The first-order valence-electron chi connectivity index (χ1n) is 5.89. The standard InChI is InChI=1S/C13H19NO3/c1-16-9-10-5-4-8-14(10)11-6-3-7-12(15)13(11)17-2/h3,6-7,10,15H,4-5,8-9H2,1-2H3. The average molecular weight is 237 g/mol. The number of para-hydroxylation sites is 1. The van der Waals surface area contributed by atoms with E-state index in [1.165, 1.54) is 0 Å². The van der Waals surface area contributed by atoms with Crippen molar-refractivity contribution in [2.45, 2.75) is 18.9 Å². The molecule has 4 nitrogen and oxygen atoms in total. The van der Waals surface area contributed by atoms with E-state index in [0.29, 0.717) is 18.4 Å². The Morgan fingerprint density at radius 1 is 1.41 bits per heavy atom. The van der Waals surface area contributed by atoms with Gasteiger partial charge >= 0.3 is 0 Å². The lowest BCUT2D eigenvalue weighted by Crippen LogP contribution is -2.33. The summed E-state index contributed by atoms with van der Waals surface area (Å²) in [5, 5.41) is 9.78. The van der Waals surface area contributed by atoms with Gasteiger partial charge in [-0.15, -0.1) is 0 Å². The minimum Gasteiger partial charge on any atom is -0.504 e. The SMILES string of the molecule is COCC1CCCN1c1cccc(O)c1OC. The van der Waals surface area contributed by atoms with Crippen LogP contribution in [-0.4, -0.2) is 38.5 Å². The van der Waals surface area contributed by atoms with Crippen LogP contribution in [0.15, 0.2) is 18.2 Å². The molecule has 94 valence electrons. The Balaban J connectivity index is 2.29. The Labute approximate surface area is 102 Å². The molecule has 0 saturated carbocycles. The number of hydrogen-bond donors (Lipinski definition) is 1. The second-order valence-corrected chi connectivity index (χ2v) is 4.27. The van der Waals surface area contributed by atoms with Crippen LogP contribution >= 0.6 is 0 Å². The van der Waals surface area contributed by atoms with Crippen LogP contribution in [0.4, 0.5) is 5.69 Å². The van der Waals surface area contributed by atoms with Gasteiger partial charge in [-0.2, -0.15) is 0 Å². The minimum atomic E-state index is 0.188. The van der Waals surface area contributed by atoms with E-state index in [4.69, 9.17) is 9.47 Å². The lowest BCUT2D eigenvalue weighted by molar-refractivity contribution is 0.180.